The number of nitrogens with one attached hydrogen (secondary N) is 3. The van der Waals surface area contributed by atoms with Crippen LogP contribution in [0, 0.1) is 0 Å². The number of amides is 3. The second-order valence-electron chi connectivity index (χ2n) is 6.10. The van der Waals surface area contributed by atoms with Crippen LogP contribution >= 0.6 is 0 Å². The van der Waals surface area contributed by atoms with E-state index >= 15 is 0 Å². The number of methoxy groups -OCH3 is 1. The van der Waals surface area contributed by atoms with Crippen LogP contribution in [0.5, 0.6) is 11.5 Å². The predicted molar refractivity (Wildman–Crippen MR) is 103 cm³/mol. The number of hydrogen-bond donors (Lipinski definition) is 3. The first-order valence-electron chi connectivity index (χ1n) is 8.72. The molecule has 0 radical (unpaired) electrons. The molecule has 7 nitrogen and oxygen atoms in total. The summed E-state index contributed by atoms with van der Waals surface area (Å²) in [4.78, 5) is 24.0. The Morgan fingerprint density at radius 1 is 1.00 bits per heavy atom. The minimum Gasteiger partial charge on any atom is -0.493 e. The number of benzene rings is 2. The molecule has 27 heavy (non-hydrogen) atoms. The maximum atomic E-state index is 12.2. The number of rotatable bonds is 7. The van der Waals surface area contributed by atoms with E-state index in [9.17, 15) is 9.59 Å². The molecule has 0 aliphatic carbocycles. The van der Waals surface area contributed by atoms with Gasteiger partial charge in [0.25, 0.3) is 5.91 Å². The van der Waals surface area contributed by atoms with E-state index in [1.165, 1.54) is 7.11 Å². The summed E-state index contributed by atoms with van der Waals surface area (Å²) in [5.74, 6) is 0.543. The molecule has 0 aromatic heterocycles. The van der Waals surface area contributed by atoms with Crippen molar-refractivity contribution < 1.29 is 19.1 Å². The smallest absolute Gasteiger partial charge is 0.333 e. The van der Waals surface area contributed by atoms with Gasteiger partial charge in [0.15, 0.2) is 11.5 Å². The van der Waals surface area contributed by atoms with Gasteiger partial charge >= 0.3 is 6.03 Å². The third kappa shape index (κ3) is 6.54. The molecule has 0 heterocycles. The average molecular weight is 371 g/mol. The normalized spacial score (nSPS) is 10.2. The van der Waals surface area contributed by atoms with Crippen molar-refractivity contribution in [1.82, 2.24) is 16.2 Å². The average Bonchev–Trinajstić information content (AvgIpc) is 2.66. The topological polar surface area (TPSA) is 88.7 Å². The van der Waals surface area contributed by atoms with Gasteiger partial charge in [-0.1, -0.05) is 30.3 Å². The number of hydrogen-bond acceptors (Lipinski definition) is 4. The fourth-order valence-electron chi connectivity index (χ4n) is 2.36. The summed E-state index contributed by atoms with van der Waals surface area (Å²) >= 11 is 0. The molecular formula is C20H25N3O4. The van der Waals surface area contributed by atoms with Crippen LogP contribution in [0.15, 0.2) is 48.5 Å². The van der Waals surface area contributed by atoms with Crippen molar-refractivity contribution >= 4 is 11.9 Å². The number of carbonyl (C=O) groups excluding carboxylic acids is 2. The van der Waals surface area contributed by atoms with Crippen LogP contribution in [0.25, 0.3) is 0 Å². The number of hydrazine groups is 1. The van der Waals surface area contributed by atoms with Crippen LogP contribution in [-0.4, -0.2) is 31.7 Å². The van der Waals surface area contributed by atoms with Gasteiger partial charge in [0.1, 0.15) is 0 Å². The lowest BCUT2D eigenvalue weighted by molar-refractivity contribution is 0.0936. The van der Waals surface area contributed by atoms with Gasteiger partial charge in [-0.05, 0) is 44.0 Å². The first-order valence-corrected chi connectivity index (χ1v) is 8.72. The number of ether oxygens (including phenoxy) is 2. The Hall–Kier alpha value is -3.22. The molecular weight excluding hydrogens is 346 g/mol. The van der Waals surface area contributed by atoms with Crippen LogP contribution in [0.3, 0.4) is 0 Å². The fourth-order valence-corrected chi connectivity index (χ4v) is 2.36. The lowest BCUT2D eigenvalue weighted by Gasteiger charge is -2.14. The Bertz CT molecular complexity index is 763. The highest BCUT2D eigenvalue weighted by molar-refractivity contribution is 5.95. The van der Waals surface area contributed by atoms with Crippen molar-refractivity contribution in [2.75, 3.05) is 13.7 Å². The summed E-state index contributed by atoms with van der Waals surface area (Å²) in [6.07, 6.45) is 0.691. The minimum absolute atomic E-state index is 0.0141. The van der Waals surface area contributed by atoms with E-state index in [1.54, 1.807) is 18.2 Å². The highest BCUT2D eigenvalue weighted by atomic mass is 16.5. The first kappa shape index (κ1) is 20.1. The highest BCUT2D eigenvalue weighted by Crippen LogP contribution is 2.28. The molecule has 0 aliphatic heterocycles. The van der Waals surface area contributed by atoms with Crippen LogP contribution < -0.4 is 25.6 Å². The van der Waals surface area contributed by atoms with Crippen molar-refractivity contribution in [1.29, 1.82) is 0 Å². The van der Waals surface area contributed by atoms with E-state index in [-0.39, 0.29) is 6.10 Å². The Kier molecular flexibility index (Phi) is 7.49. The first-order chi connectivity index (χ1) is 13.0. The fraction of sp³-hybridized carbons (Fsp3) is 0.300. The van der Waals surface area contributed by atoms with Gasteiger partial charge in [-0.15, -0.1) is 0 Å². The summed E-state index contributed by atoms with van der Waals surface area (Å²) in [5.41, 5.74) is 6.15. The Morgan fingerprint density at radius 2 is 1.74 bits per heavy atom. The maximum absolute atomic E-state index is 12.2. The van der Waals surface area contributed by atoms with Gasteiger partial charge < -0.3 is 14.8 Å². The third-order valence-corrected chi connectivity index (χ3v) is 3.62. The molecule has 0 saturated heterocycles. The van der Waals surface area contributed by atoms with Gasteiger partial charge in [-0.25, -0.2) is 10.2 Å². The van der Waals surface area contributed by atoms with Gasteiger partial charge in [0, 0.05) is 12.1 Å². The zero-order valence-electron chi connectivity index (χ0n) is 15.7. The lowest BCUT2D eigenvalue weighted by atomic mass is 10.1. The van der Waals surface area contributed by atoms with Gasteiger partial charge in [0.2, 0.25) is 0 Å². The monoisotopic (exact) mass is 371 g/mol. The molecule has 0 bridgehead atoms. The van der Waals surface area contributed by atoms with Gasteiger partial charge in [-0.3, -0.25) is 10.2 Å². The predicted octanol–water partition coefficient (Wildman–Crippen LogP) is 2.67. The van der Waals surface area contributed by atoms with Crippen molar-refractivity contribution in [3.63, 3.8) is 0 Å². The second kappa shape index (κ2) is 10.1. The SMILES string of the molecule is COc1cc(C(=O)NNC(=O)NCCc2ccccc2)ccc1OC(C)C. The highest BCUT2D eigenvalue weighted by Gasteiger charge is 2.12. The van der Waals surface area contributed by atoms with E-state index in [0.29, 0.717) is 30.0 Å². The molecule has 2 rings (SSSR count). The molecule has 0 aliphatic rings. The van der Waals surface area contributed by atoms with E-state index < -0.39 is 11.9 Å². The molecule has 3 N–H and O–H groups in total. The van der Waals surface area contributed by atoms with E-state index in [4.69, 9.17) is 9.47 Å². The molecule has 0 unspecified atom stereocenters. The molecule has 0 fully saturated rings. The van der Waals surface area contributed by atoms with Gasteiger partial charge in [-0.2, -0.15) is 0 Å². The van der Waals surface area contributed by atoms with E-state index in [2.05, 4.69) is 16.2 Å². The van der Waals surface area contributed by atoms with Crippen molar-refractivity contribution in [3.05, 3.63) is 59.7 Å². The molecule has 0 saturated carbocycles. The molecule has 3 amide bonds. The lowest BCUT2D eigenvalue weighted by Crippen LogP contribution is -2.47. The summed E-state index contributed by atoms with van der Waals surface area (Å²) in [6.45, 7) is 4.27. The summed E-state index contributed by atoms with van der Waals surface area (Å²) in [6, 6.07) is 14.1. The van der Waals surface area contributed by atoms with Crippen LogP contribution in [0.1, 0.15) is 29.8 Å². The van der Waals surface area contributed by atoms with Crippen molar-refractivity contribution in [2.24, 2.45) is 0 Å². The quantitative estimate of drug-likeness (QED) is 0.653. The number of carbonyl (C=O) groups is 2. The molecule has 7 heteroatoms. The van der Waals surface area contributed by atoms with Crippen LogP contribution in [0.4, 0.5) is 4.79 Å². The van der Waals surface area contributed by atoms with Crippen LogP contribution in [-0.2, 0) is 6.42 Å². The van der Waals surface area contributed by atoms with E-state index in [1.807, 2.05) is 44.2 Å². The maximum Gasteiger partial charge on any atom is 0.333 e. The summed E-state index contributed by atoms with van der Waals surface area (Å²) in [5, 5.41) is 2.68. The minimum atomic E-state index is -0.481. The largest absolute Gasteiger partial charge is 0.493 e. The van der Waals surface area contributed by atoms with Crippen molar-refractivity contribution in [3.8, 4) is 11.5 Å². The molecule has 2 aromatic rings. The molecule has 2 aromatic carbocycles. The summed E-state index contributed by atoms with van der Waals surface area (Å²) < 4.78 is 10.9. The Morgan fingerprint density at radius 3 is 2.41 bits per heavy atom. The van der Waals surface area contributed by atoms with Crippen molar-refractivity contribution in [2.45, 2.75) is 26.4 Å². The van der Waals surface area contributed by atoms with Crippen LogP contribution in [0.2, 0.25) is 0 Å². The van der Waals surface area contributed by atoms with Gasteiger partial charge in [0.05, 0.1) is 13.2 Å². The zero-order chi connectivity index (χ0) is 19.6. The second-order valence-corrected chi connectivity index (χ2v) is 6.10. The molecule has 0 atom stereocenters. The molecule has 144 valence electrons. The Balaban J connectivity index is 1.81. The molecule has 0 spiro atoms. The van der Waals surface area contributed by atoms with E-state index in [0.717, 1.165) is 5.56 Å². The standard InChI is InChI=1S/C20H25N3O4/c1-14(2)27-17-10-9-16(13-18(17)26-3)19(24)22-23-20(25)21-12-11-15-7-5-4-6-8-15/h4-10,13-14H,11-12H2,1-3H3,(H,22,24)(H2,21,23,25). The zero-order valence-corrected chi connectivity index (χ0v) is 15.7. The summed E-state index contributed by atoms with van der Waals surface area (Å²) in [7, 11) is 1.50. The number of urea groups is 1. The Labute approximate surface area is 159 Å². The third-order valence-electron chi connectivity index (χ3n) is 3.62.